The van der Waals surface area contributed by atoms with Crippen LogP contribution in [-0.4, -0.2) is 28.9 Å². The van der Waals surface area contributed by atoms with Crippen LogP contribution in [-0.2, 0) is 16.1 Å². The van der Waals surface area contributed by atoms with E-state index in [9.17, 15) is 14.4 Å². The topological polar surface area (TPSA) is 54.5 Å². The van der Waals surface area contributed by atoms with Crippen molar-refractivity contribution in [2.24, 2.45) is 0 Å². The first-order valence-corrected chi connectivity index (χ1v) is 10.2. The minimum absolute atomic E-state index is 0.0123. The predicted molar refractivity (Wildman–Crippen MR) is 109 cm³/mol. The summed E-state index contributed by atoms with van der Waals surface area (Å²) in [5, 5.41) is 0.627. The van der Waals surface area contributed by atoms with Gasteiger partial charge < -0.3 is 4.90 Å². The Hall–Kier alpha value is -1.98. The van der Waals surface area contributed by atoms with Gasteiger partial charge in [0.05, 0.1) is 4.88 Å². The summed E-state index contributed by atoms with van der Waals surface area (Å²) in [5.41, 5.74) is 0.887. The van der Waals surface area contributed by atoms with Gasteiger partial charge in [-0.15, -0.1) is 11.3 Å². The summed E-state index contributed by atoms with van der Waals surface area (Å²) >= 11 is 7.60. The van der Waals surface area contributed by atoms with Crippen LogP contribution >= 0.6 is 22.9 Å². The van der Waals surface area contributed by atoms with E-state index in [0.717, 1.165) is 10.4 Å². The summed E-state index contributed by atoms with van der Waals surface area (Å²) in [7, 11) is 0. The molecule has 1 aromatic heterocycles. The summed E-state index contributed by atoms with van der Waals surface area (Å²) in [5.74, 6) is -0.147. The first-order chi connectivity index (χ1) is 12.9. The SMILES string of the molecule is CCN(Cc1ccccc1Cl)C(=O)CCC(=O)CCC(=O)c1ccc(C)s1. The molecule has 1 aromatic carbocycles. The Bertz CT molecular complexity index is 815. The zero-order valence-electron chi connectivity index (χ0n) is 15.7. The Kier molecular flexibility index (Phi) is 8.20. The maximum absolute atomic E-state index is 12.4. The van der Waals surface area contributed by atoms with Crippen molar-refractivity contribution in [3.8, 4) is 0 Å². The molecule has 6 heteroatoms. The van der Waals surface area contributed by atoms with Crippen LogP contribution < -0.4 is 0 Å². The normalized spacial score (nSPS) is 10.6. The zero-order valence-corrected chi connectivity index (χ0v) is 17.2. The second-order valence-electron chi connectivity index (χ2n) is 6.37. The van der Waals surface area contributed by atoms with Crippen LogP contribution in [0.1, 0.15) is 52.7 Å². The van der Waals surface area contributed by atoms with Crippen LogP contribution in [0.15, 0.2) is 36.4 Å². The Labute approximate surface area is 169 Å². The molecule has 0 saturated carbocycles. The molecule has 1 amide bonds. The van der Waals surface area contributed by atoms with Crippen molar-refractivity contribution in [2.45, 2.75) is 46.1 Å². The van der Waals surface area contributed by atoms with E-state index >= 15 is 0 Å². The second-order valence-corrected chi connectivity index (χ2v) is 8.07. The lowest BCUT2D eigenvalue weighted by molar-refractivity contribution is -0.133. The highest BCUT2D eigenvalue weighted by Gasteiger charge is 2.16. The predicted octanol–water partition coefficient (Wildman–Crippen LogP) is 5.07. The van der Waals surface area contributed by atoms with Crippen molar-refractivity contribution in [2.75, 3.05) is 6.54 Å². The number of benzene rings is 1. The molecule has 0 bridgehead atoms. The van der Waals surface area contributed by atoms with E-state index in [0.29, 0.717) is 23.0 Å². The van der Waals surface area contributed by atoms with E-state index in [1.54, 1.807) is 17.0 Å². The Morgan fingerprint density at radius 3 is 2.33 bits per heavy atom. The highest BCUT2D eigenvalue weighted by atomic mass is 35.5. The third kappa shape index (κ3) is 6.60. The number of halogens is 1. The van der Waals surface area contributed by atoms with E-state index in [-0.39, 0.29) is 43.2 Å². The van der Waals surface area contributed by atoms with Gasteiger partial charge in [-0.05, 0) is 37.6 Å². The smallest absolute Gasteiger partial charge is 0.223 e. The molecule has 0 saturated heterocycles. The molecule has 0 aliphatic rings. The van der Waals surface area contributed by atoms with E-state index in [1.807, 2.05) is 38.1 Å². The number of Topliss-reactive ketones (excluding diaryl/α,β-unsaturated/α-hetero) is 2. The standard InChI is InChI=1S/C21H24ClNO3S/c1-3-23(14-16-6-4-5-7-18(16)22)21(26)13-10-17(24)9-11-19(25)20-12-8-15(2)27-20/h4-8,12H,3,9-11,13-14H2,1-2H3. The monoisotopic (exact) mass is 405 g/mol. The lowest BCUT2D eigenvalue weighted by Crippen LogP contribution is -2.30. The number of hydrogen-bond donors (Lipinski definition) is 0. The van der Waals surface area contributed by atoms with Crippen molar-refractivity contribution in [3.63, 3.8) is 0 Å². The average molecular weight is 406 g/mol. The van der Waals surface area contributed by atoms with Gasteiger partial charge in [0.2, 0.25) is 5.91 Å². The van der Waals surface area contributed by atoms with Crippen LogP contribution in [0.2, 0.25) is 5.02 Å². The van der Waals surface area contributed by atoms with Gasteiger partial charge in [0.15, 0.2) is 5.78 Å². The molecule has 0 fully saturated rings. The Balaban J connectivity index is 1.78. The van der Waals surface area contributed by atoms with Crippen molar-refractivity contribution in [3.05, 3.63) is 56.7 Å². The first kappa shape index (κ1) is 21.3. The number of hydrogen-bond acceptors (Lipinski definition) is 4. The zero-order chi connectivity index (χ0) is 19.8. The van der Waals surface area contributed by atoms with Gasteiger partial charge in [0, 0.05) is 48.7 Å². The van der Waals surface area contributed by atoms with Crippen LogP contribution in [0, 0.1) is 6.92 Å². The molecule has 0 N–H and O–H groups in total. The lowest BCUT2D eigenvalue weighted by atomic mass is 10.1. The first-order valence-electron chi connectivity index (χ1n) is 9.03. The highest BCUT2D eigenvalue weighted by Crippen LogP contribution is 2.19. The molecular formula is C21H24ClNO3S. The third-order valence-corrected chi connectivity index (χ3v) is 5.73. The van der Waals surface area contributed by atoms with Gasteiger partial charge >= 0.3 is 0 Å². The molecule has 0 atom stereocenters. The molecule has 2 aromatic rings. The molecule has 1 heterocycles. The highest BCUT2D eigenvalue weighted by molar-refractivity contribution is 7.14. The number of nitrogens with zero attached hydrogens (tertiary/aromatic N) is 1. The third-order valence-electron chi connectivity index (χ3n) is 4.32. The number of carbonyl (C=O) groups excluding carboxylic acids is 3. The summed E-state index contributed by atoms with van der Waals surface area (Å²) in [4.78, 5) is 40.0. The van der Waals surface area contributed by atoms with Gasteiger partial charge in [0.25, 0.3) is 0 Å². The molecule has 0 unspecified atom stereocenters. The van der Waals surface area contributed by atoms with Gasteiger partial charge in [-0.1, -0.05) is 29.8 Å². The van der Waals surface area contributed by atoms with Crippen molar-refractivity contribution < 1.29 is 14.4 Å². The summed E-state index contributed by atoms with van der Waals surface area (Å²) in [6.07, 6.45) is 0.696. The summed E-state index contributed by atoms with van der Waals surface area (Å²) < 4.78 is 0. The molecule has 0 aliphatic heterocycles. The van der Waals surface area contributed by atoms with Crippen LogP contribution in [0.25, 0.3) is 0 Å². The number of rotatable bonds is 10. The summed E-state index contributed by atoms with van der Waals surface area (Å²) in [6, 6.07) is 11.1. The largest absolute Gasteiger partial charge is 0.339 e. The van der Waals surface area contributed by atoms with Crippen molar-refractivity contribution >= 4 is 40.4 Å². The minimum atomic E-state index is -0.0778. The lowest BCUT2D eigenvalue weighted by Gasteiger charge is -2.21. The van der Waals surface area contributed by atoms with Gasteiger partial charge in [-0.2, -0.15) is 0 Å². The molecule has 27 heavy (non-hydrogen) atoms. The van der Waals surface area contributed by atoms with E-state index in [2.05, 4.69) is 0 Å². The average Bonchev–Trinajstić information content (AvgIpc) is 3.10. The Morgan fingerprint density at radius 2 is 1.70 bits per heavy atom. The quantitative estimate of drug-likeness (QED) is 0.518. The van der Waals surface area contributed by atoms with Crippen molar-refractivity contribution in [1.82, 2.24) is 4.90 Å². The number of ketones is 2. The van der Waals surface area contributed by atoms with Crippen molar-refractivity contribution in [1.29, 1.82) is 0 Å². The fraction of sp³-hybridized carbons (Fsp3) is 0.381. The van der Waals surface area contributed by atoms with E-state index in [4.69, 9.17) is 11.6 Å². The minimum Gasteiger partial charge on any atom is -0.339 e. The molecular weight excluding hydrogens is 382 g/mol. The Morgan fingerprint density at radius 1 is 1.00 bits per heavy atom. The van der Waals surface area contributed by atoms with E-state index < -0.39 is 0 Å². The number of carbonyl (C=O) groups is 3. The molecule has 2 rings (SSSR count). The maximum Gasteiger partial charge on any atom is 0.223 e. The molecule has 0 radical (unpaired) electrons. The number of aryl methyl sites for hydroxylation is 1. The van der Waals surface area contributed by atoms with E-state index in [1.165, 1.54) is 11.3 Å². The van der Waals surface area contributed by atoms with Crippen LogP contribution in [0.3, 0.4) is 0 Å². The number of thiophene rings is 1. The molecule has 144 valence electrons. The number of amides is 1. The fourth-order valence-electron chi connectivity index (χ4n) is 2.70. The summed E-state index contributed by atoms with van der Waals surface area (Å²) in [6.45, 7) is 4.83. The van der Waals surface area contributed by atoms with Gasteiger partial charge in [-0.3, -0.25) is 14.4 Å². The molecule has 4 nitrogen and oxygen atoms in total. The van der Waals surface area contributed by atoms with Gasteiger partial charge in [-0.25, -0.2) is 0 Å². The van der Waals surface area contributed by atoms with Crippen LogP contribution in [0.5, 0.6) is 0 Å². The maximum atomic E-state index is 12.4. The second kappa shape index (κ2) is 10.4. The molecule has 0 aliphatic carbocycles. The van der Waals surface area contributed by atoms with Gasteiger partial charge in [0.1, 0.15) is 5.78 Å². The molecule has 0 spiro atoms. The van der Waals surface area contributed by atoms with Crippen LogP contribution in [0.4, 0.5) is 0 Å². The fourth-order valence-corrected chi connectivity index (χ4v) is 3.73.